The summed E-state index contributed by atoms with van der Waals surface area (Å²) >= 11 is 0. The number of rotatable bonds is 7. The maximum atomic E-state index is 11.1. The van der Waals surface area contributed by atoms with Gasteiger partial charge >= 0.3 is 0 Å². The molecule has 2 rings (SSSR count). The molecular formula is C17H23N5O3. The van der Waals surface area contributed by atoms with Crippen LogP contribution in [0.1, 0.15) is 36.4 Å². The van der Waals surface area contributed by atoms with Crippen LogP contribution >= 0.6 is 0 Å². The first-order chi connectivity index (χ1) is 12.1. The Kier molecular flexibility index (Phi) is 6.50. The summed E-state index contributed by atoms with van der Waals surface area (Å²) in [5.41, 5.74) is 2.66. The van der Waals surface area contributed by atoms with E-state index in [1.165, 1.54) is 6.07 Å². The van der Waals surface area contributed by atoms with Crippen molar-refractivity contribution >= 4 is 11.6 Å². The average Bonchev–Trinajstić information content (AvgIpc) is 3.04. The molecule has 0 atom stereocenters. The molecule has 0 aliphatic heterocycles. The number of guanidine groups is 1. The summed E-state index contributed by atoms with van der Waals surface area (Å²) < 4.78 is 5.35. The summed E-state index contributed by atoms with van der Waals surface area (Å²) in [7, 11) is 1.66. The molecule has 0 spiro atoms. The molecule has 1 aromatic heterocycles. The van der Waals surface area contributed by atoms with E-state index in [1.54, 1.807) is 25.2 Å². The Morgan fingerprint density at radius 1 is 1.24 bits per heavy atom. The first-order valence-electron chi connectivity index (χ1n) is 8.23. The summed E-state index contributed by atoms with van der Waals surface area (Å²) in [6, 6.07) is 6.64. The fraction of sp³-hybridized carbons (Fsp3) is 0.412. The highest BCUT2D eigenvalue weighted by Gasteiger charge is 2.15. The molecule has 1 heterocycles. The van der Waals surface area contributed by atoms with Gasteiger partial charge in [0.2, 0.25) is 0 Å². The molecule has 134 valence electrons. The van der Waals surface area contributed by atoms with Gasteiger partial charge in [0.15, 0.2) is 5.96 Å². The number of aliphatic imine (C=N–C) groups is 1. The van der Waals surface area contributed by atoms with Crippen LogP contribution in [-0.2, 0) is 25.9 Å². The highest BCUT2D eigenvalue weighted by Crippen LogP contribution is 2.17. The Hall–Kier alpha value is -2.90. The third kappa shape index (κ3) is 4.56. The van der Waals surface area contributed by atoms with Crippen molar-refractivity contribution in [2.24, 2.45) is 4.99 Å². The van der Waals surface area contributed by atoms with E-state index in [-0.39, 0.29) is 10.6 Å². The number of benzene rings is 1. The zero-order chi connectivity index (χ0) is 18.2. The number of para-hydroxylation sites is 1. The molecule has 0 bridgehead atoms. The summed E-state index contributed by atoms with van der Waals surface area (Å²) in [5, 5.41) is 21.5. The fourth-order valence-corrected chi connectivity index (χ4v) is 2.55. The molecule has 1 aromatic carbocycles. The molecule has 25 heavy (non-hydrogen) atoms. The standard InChI is InChI=1S/C17H23N5O3/c1-4-14-13(16(5-2)25-21-14)11-20-17(18-3)19-10-12-8-6-7-9-15(12)22(23)24/h6-9H,4-5,10-11H2,1-3H3,(H2,18,19,20). The predicted molar refractivity (Wildman–Crippen MR) is 95.4 cm³/mol. The zero-order valence-corrected chi connectivity index (χ0v) is 14.7. The number of aromatic nitrogens is 1. The molecule has 2 aromatic rings. The van der Waals surface area contributed by atoms with Gasteiger partial charge < -0.3 is 15.2 Å². The number of nitrogens with one attached hydrogen (secondary N) is 2. The fourth-order valence-electron chi connectivity index (χ4n) is 2.55. The number of nitro groups is 1. The van der Waals surface area contributed by atoms with Gasteiger partial charge in [-0.2, -0.15) is 0 Å². The first kappa shape index (κ1) is 18.4. The smallest absolute Gasteiger partial charge is 0.274 e. The molecule has 8 heteroatoms. The van der Waals surface area contributed by atoms with Crippen LogP contribution in [0.15, 0.2) is 33.8 Å². The van der Waals surface area contributed by atoms with Gasteiger partial charge in [-0.1, -0.05) is 37.2 Å². The van der Waals surface area contributed by atoms with E-state index in [0.29, 0.717) is 24.6 Å². The van der Waals surface area contributed by atoms with Crippen molar-refractivity contribution in [2.75, 3.05) is 7.05 Å². The van der Waals surface area contributed by atoms with Gasteiger partial charge in [0.1, 0.15) is 5.76 Å². The van der Waals surface area contributed by atoms with Gasteiger partial charge in [0.05, 0.1) is 10.6 Å². The number of nitrogens with zero attached hydrogens (tertiary/aromatic N) is 3. The number of aryl methyl sites for hydroxylation is 2. The van der Waals surface area contributed by atoms with E-state index in [0.717, 1.165) is 29.9 Å². The minimum Gasteiger partial charge on any atom is -0.361 e. The molecule has 0 amide bonds. The van der Waals surface area contributed by atoms with Crippen LogP contribution in [0.2, 0.25) is 0 Å². The van der Waals surface area contributed by atoms with Crippen molar-refractivity contribution in [1.82, 2.24) is 15.8 Å². The zero-order valence-electron chi connectivity index (χ0n) is 14.7. The summed E-state index contributed by atoms with van der Waals surface area (Å²) in [5.74, 6) is 1.42. The highest BCUT2D eigenvalue weighted by atomic mass is 16.6. The van der Waals surface area contributed by atoms with Crippen molar-refractivity contribution < 1.29 is 9.45 Å². The molecule has 0 fully saturated rings. The Morgan fingerprint density at radius 2 is 1.96 bits per heavy atom. The van der Waals surface area contributed by atoms with Gasteiger partial charge in [0, 0.05) is 43.8 Å². The normalized spacial score (nSPS) is 11.4. The van der Waals surface area contributed by atoms with E-state index in [9.17, 15) is 10.1 Å². The van der Waals surface area contributed by atoms with Gasteiger partial charge in [-0.05, 0) is 6.42 Å². The average molecular weight is 345 g/mol. The van der Waals surface area contributed by atoms with Crippen LogP contribution in [0.3, 0.4) is 0 Å². The topological polar surface area (TPSA) is 106 Å². The first-order valence-corrected chi connectivity index (χ1v) is 8.23. The van der Waals surface area contributed by atoms with E-state index in [2.05, 4.69) is 20.8 Å². The number of hydrogen-bond donors (Lipinski definition) is 2. The molecule has 0 saturated carbocycles. The third-order valence-electron chi connectivity index (χ3n) is 3.90. The SMILES string of the molecule is CCc1noc(CC)c1CNC(=NC)NCc1ccccc1[N+](=O)[O-]. The van der Waals surface area contributed by atoms with Gasteiger partial charge in [0.25, 0.3) is 5.69 Å². The minimum absolute atomic E-state index is 0.0889. The van der Waals surface area contributed by atoms with Crippen molar-refractivity contribution in [3.63, 3.8) is 0 Å². The molecule has 8 nitrogen and oxygen atoms in total. The quantitative estimate of drug-likeness (QED) is 0.346. The molecule has 0 aliphatic carbocycles. The lowest BCUT2D eigenvalue weighted by molar-refractivity contribution is -0.385. The Bertz CT molecular complexity index is 733. The second kappa shape index (κ2) is 8.81. The van der Waals surface area contributed by atoms with Crippen LogP contribution in [0, 0.1) is 10.1 Å². The maximum Gasteiger partial charge on any atom is 0.274 e. The van der Waals surface area contributed by atoms with Crippen LogP contribution < -0.4 is 10.6 Å². The molecule has 0 aliphatic rings. The number of nitro benzene ring substituents is 1. The monoisotopic (exact) mass is 345 g/mol. The van der Waals surface area contributed by atoms with Crippen molar-refractivity contribution in [1.29, 1.82) is 0 Å². The van der Waals surface area contributed by atoms with Gasteiger partial charge in [-0.25, -0.2) is 0 Å². The highest BCUT2D eigenvalue weighted by molar-refractivity contribution is 5.79. The lowest BCUT2D eigenvalue weighted by atomic mass is 10.1. The molecule has 0 saturated heterocycles. The Morgan fingerprint density at radius 3 is 2.60 bits per heavy atom. The largest absolute Gasteiger partial charge is 0.361 e. The van der Waals surface area contributed by atoms with Crippen LogP contribution in [0.5, 0.6) is 0 Å². The molecule has 2 N–H and O–H groups in total. The lowest BCUT2D eigenvalue weighted by Crippen LogP contribution is -2.36. The van der Waals surface area contributed by atoms with Crippen molar-refractivity contribution in [3.8, 4) is 0 Å². The Labute approximate surface area is 146 Å². The second-order valence-electron chi connectivity index (χ2n) is 5.40. The Balaban J connectivity index is 2.01. The molecular weight excluding hydrogens is 322 g/mol. The summed E-state index contributed by atoms with van der Waals surface area (Å²) in [6.07, 6.45) is 1.56. The predicted octanol–water partition coefficient (Wildman–Crippen LogP) is 2.57. The molecule has 0 radical (unpaired) electrons. The van der Waals surface area contributed by atoms with E-state index >= 15 is 0 Å². The van der Waals surface area contributed by atoms with Gasteiger partial charge in [-0.3, -0.25) is 15.1 Å². The third-order valence-corrected chi connectivity index (χ3v) is 3.90. The molecule has 0 unspecified atom stereocenters. The van der Waals surface area contributed by atoms with Crippen LogP contribution in [0.25, 0.3) is 0 Å². The van der Waals surface area contributed by atoms with E-state index in [1.807, 2.05) is 13.8 Å². The van der Waals surface area contributed by atoms with Crippen molar-refractivity contribution in [2.45, 2.75) is 39.8 Å². The summed E-state index contributed by atoms with van der Waals surface area (Å²) in [4.78, 5) is 14.9. The van der Waals surface area contributed by atoms with Gasteiger partial charge in [-0.15, -0.1) is 0 Å². The van der Waals surface area contributed by atoms with Crippen LogP contribution in [-0.4, -0.2) is 23.1 Å². The second-order valence-corrected chi connectivity index (χ2v) is 5.40. The van der Waals surface area contributed by atoms with Crippen LogP contribution in [0.4, 0.5) is 5.69 Å². The van der Waals surface area contributed by atoms with E-state index in [4.69, 9.17) is 4.52 Å². The maximum absolute atomic E-state index is 11.1. The van der Waals surface area contributed by atoms with E-state index < -0.39 is 0 Å². The minimum atomic E-state index is -0.384. The summed E-state index contributed by atoms with van der Waals surface area (Å²) in [6.45, 7) is 4.89. The lowest BCUT2D eigenvalue weighted by Gasteiger charge is -2.12. The number of hydrogen-bond acceptors (Lipinski definition) is 5. The van der Waals surface area contributed by atoms with Crippen molar-refractivity contribution in [3.05, 3.63) is 57.0 Å².